The highest BCUT2D eigenvalue weighted by Crippen LogP contribution is 2.28. The lowest BCUT2D eigenvalue weighted by Crippen LogP contribution is -2.38. The van der Waals surface area contributed by atoms with E-state index in [9.17, 15) is 9.59 Å². The fourth-order valence-electron chi connectivity index (χ4n) is 1.77. The zero-order valence-corrected chi connectivity index (χ0v) is 11.4. The fraction of sp³-hybridized carbons (Fsp3) is 0.462. The van der Waals surface area contributed by atoms with Gasteiger partial charge in [0, 0.05) is 12.2 Å². The van der Waals surface area contributed by atoms with Gasteiger partial charge in [0.25, 0.3) is 5.91 Å². The Kier molecular flexibility index (Phi) is 4.37. The molecule has 0 N–H and O–H groups in total. The van der Waals surface area contributed by atoms with Gasteiger partial charge < -0.3 is 9.64 Å². The lowest BCUT2D eigenvalue weighted by atomic mass is 10.2. The Morgan fingerprint density at radius 2 is 2.21 bits per heavy atom. The number of carbonyl (C=O) groups is 2. The Hall–Kier alpha value is -1.62. The van der Waals surface area contributed by atoms with Crippen molar-refractivity contribution < 1.29 is 14.3 Å². The van der Waals surface area contributed by atoms with E-state index in [1.807, 2.05) is 0 Å². The van der Waals surface area contributed by atoms with Gasteiger partial charge in [-0.3, -0.25) is 9.59 Å². The zero-order valence-electron chi connectivity index (χ0n) is 10.6. The molecule has 0 bridgehead atoms. The first-order valence-corrected chi connectivity index (χ1v) is 6.57. The molecule has 1 heterocycles. The molecule has 102 valence electrons. The number of carbonyl (C=O) groups excluding carboxylic acids is 2. The maximum absolute atomic E-state index is 12.3. The van der Waals surface area contributed by atoms with Gasteiger partial charge in [-0.1, -0.05) is 11.6 Å². The monoisotopic (exact) mass is 282 g/mol. The van der Waals surface area contributed by atoms with Gasteiger partial charge in [-0.05, 0) is 31.9 Å². The molecule has 1 amide bonds. The summed E-state index contributed by atoms with van der Waals surface area (Å²) in [7, 11) is 0. The van der Waals surface area contributed by atoms with E-state index in [-0.39, 0.29) is 24.5 Å². The lowest BCUT2D eigenvalue weighted by molar-refractivity contribution is -0.144. The summed E-state index contributed by atoms with van der Waals surface area (Å²) in [5.74, 6) is -0.593. The molecule has 0 atom stereocenters. The Morgan fingerprint density at radius 3 is 2.74 bits per heavy atom. The number of esters is 1. The molecule has 1 aliphatic rings. The van der Waals surface area contributed by atoms with Crippen LogP contribution in [0.2, 0.25) is 5.15 Å². The van der Waals surface area contributed by atoms with Crippen molar-refractivity contribution in [2.45, 2.75) is 25.8 Å². The van der Waals surface area contributed by atoms with Gasteiger partial charge in [-0.25, -0.2) is 4.98 Å². The van der Waals surface area contributed by atoms with E-state index in [1.54, 1.807) is 24.0 Å². The van der Waals surface area contributed by atoms with E-state index >= 15 is 0 Å². The summed E-state index contributed by atoms with van der Waals surface area (Å²) in [6.07, 6.45) is 3.27. The summed E-state index contributed by atoms with van der Waals surface area (Å²) in [4.78, 5) is 29.3. The summed E-state index contributed by atoms with van der Waals surface area (Å²) in [5.41, 5.74) is 0.431. The minimum absolute atomic E-state index is 0.0139. The van der Waals surface area contributed by atoms with Crippen LogP contribution in [0.15, 0.2) is 18.3 Å². The van der Waals surface area contributed by atoms with Crippen LogP contribution < -0.4 is 0 Å². The first kappa shape index (κ1) is 13.8. The van der Waals surface area contributed by atoms with Crippen LogP contribution in [0.25, 0.3) is 0 Å². The topological polar surface area (TPSA) is 59.5 Å². The van der Waals surface area contributed by atoms with E-state index in [2.05, 4.69) is 4.98 Å². The molecule has 6 heteroatoms. The molecular weight excluding hydrogens is 268 g/mol. The molecule has 1 fully saturated rings. The molecule has 19 heavy (non-hydrogen) atoms. The second-order valence-electron chi connectivity index (χ2n) is 4.34. The van der Waals surface area contributed by atoms with Gasteiger partial charge in [0.2, 0.25) is 0 Å². The molecule has 5 nitrogen and oxygen atoms in total. The second-order valence-corrected chi connectivity index (χ2v) is 4.73. The minimum atomic E-state index is -0.385. The predicted molar refractivity (Wildman–Crippen MR) is 69.9 cm³/mol. The number of hydrogen-bond acceptors (Lipinski definition) is 4. The number of amides is 1. The average Bonchev–Trinajstić information content (AvgIpc) is 3.21. The quantitative estimate of drug-likeness (QED) is 0.611. The van der Waals surface area contributed by atoms with E-state index < -0.39 is 0 Å². The van der Waals surface area contributed by atoms with Gasteiger partial charge in [0.1, 0.15) is 11.7 Å². The summed E-state index contributed by atoms with van der Waals surface area (Å²) in [5, 5.41) is 0.333. The van der Waals surface area contributed by atoms with Crippen molar-refractivity contribution in [3.8, 4) is 0 Å². The SMILES string of the molecule is CCOC(=O)CN(C(=O)c1ccc(Cl)nc1)C1CC1. The summed E-state index contributed by atoms with van der Waals surface area (Å²) in [6.45, 7) is 2.04. The van der Waals surface area contributed by atoms with Crippen molar-refractivity contribution in [2.24, 2.45) is 0 Å². The number of halogens is 1. The van der Waals surface area contributed by atoms with Crippen LogP contribution >= 0.6 is 11.6 Å². The van der Waals surface area contributed by atoms with Crippen LogP contribution in [-0.4, -0.2) is 41.0 Å². The normalized spacial score (nSPS) is 14.0. The van der Waals surface area contributed by atoms with Crippen LogP contribution in [0, 0.1) is 0 Å². The molecule has 1 aromatic rings. The lowest BCUT2D eigenvalue weighted by Gasteiger charge is -2.21. The number of pyridine rings is 1. The molecule has 1 aromatic heterocycles. The van der Waals surface area contributed by atoms with Crippen LogP contribution in [0.4, 0.5) is 0 Å². The van der Waals surface area contributed by atoms with E-state index in [0.29, 0.717) is 17.3 Å². The highest BCUT2D eigenvalue weighted by atomic mass is 35.5. The molecule has 1 aliphatic carbocycles. The van der Waals surface area contributed by atoms with Crippen molar-refractivity contribution in [3.05, 3.63) is 29.0 Å². The summed E-state index contributed by atoms with van der Waals surface area (Å²) in [6, 6.07) is 3.30. The van der Waals surface area contributed by atoms with Crippen molar-refractivity contribution in [2.75, 3.05) is 13.2 Å². The molecule has 0 unspecified atom stereocenters. The first-order chi connectivity index (χ1) is 9.11. The van der Waals surface area contributed by atoms with Crippen LogP contribution in [-0.2, 0) is 9.53 Å². The largest absolute Gasteiger partial charge is 0.465 e. The van der Waals surface area contributed by atoms with Crippen LogP contribution in [0.3, 0.4) is 0 Å². The van der Waals surface area contributed by atoms with Gasteiger partial charge in [0.15, 0.2) is 0 Å². The molecule has 0 aromatic carbocycles. The standard InChI is InChI=1S/C13H15ClN2O3/c1-2-19-12(17)8-16(10-4-5-10)13(18)9-3-6-11(14)15-7-9/h3,6-7,10H,2,4-5,8H2,1H3. The Bertz CT molecular complexity index is 471. The van der Waals surface area contributed by atoms with Crippen molar-refractivity contribution >= 4 is 23.5 Å². The van der Waals surface area contributed by atoms with Gasteiger partial charge in [-0.2, -0.15) is 0 Å². The molecule has 1 saturated carbocycles. The van der Waals surface area contributed by atoms with Crippen molar-refractivity contribution in [3.63, 3.8) is 0 Å². The third-order valence-electron chi connectivity index (χ3n) is 2.83. The molecule has 0 saturated heterocycles. The Balaban J connectivity index is 2.08. The van der Waals surface area contributed by atoms with Gasteiger partial charge in [0.05, 0.1) is 12.2 Å². The molecule has 0 radical (unpaired) electrons. The highest BCUT2D eigenvalue weighted by Gasteiger charge is 2.34. The fourth-order valence-corrected chi connectivity index (χ4v) is 1.88. The summed E-state index contributed by atoms with van der Waals surface area (Å²) < 4.78 is 4.89. The van der Waals surface area contributed by atoms with E-state index in [4.69, 9.17) is 16.3 Å². The zero-order chi connectivity index (χ0) is 13.8. The number of ether oxygens (including phenoxy) is 1. The number of nitrogens with zero attached hydrogens (tertiary/aromatic N) is 2. The number of rotatable bonds is 5. The minimum Gasteiger partial charge on any atom is -0.465 e. The molecule has 2 rings (SSSR count). The predicted octanol–water partition coefficient (Wildman–Crippen LogP) is 1.90. The number of hydrogen-bond donors (Lipinski definition) is 0. The molecule has 0 aliphatic heterocycles. The molecular formula is C13H15ClN2O3. The smallest absolute Gasteiger partial charge is 0.325 e. The van der Waals surface area contributed by atoms with Crippen LogP contribution in [0.1, 0.15) is 30.1 Å². The molecule has 0 spiro atoms. The van der Waals surface area contributed by atoms with Crippen molar-refractivity contribution in [1.29, 1.82) is 0 Å². The Morgan fingerprint density at radius 1 is 1.47 bits per heavy atom. The van der Waals surface area contributed by atoms with Crippen LogP contribution in [0.5, 0.6) is 0 Å². The van der Waals surface area contributed by atoms with Gasteiger partial charge >= 0.3 is 5.97 Å². The first-order valence-electron chi connectivity index (χ1n) is 6.20. The third kappa shape index (κ3) is 3.67. The van der Waals surface area contributed by atoms with Gasteiger partial charge in [-0.15, -0.1) is 0 Å². The maximum atomic E-state index is 12.3. The van der Waals surface area contributed by atoms with E-state index in [1.165, 1.54) is 6.20 Å². The maximum Gasteiger partial charge on any atom is 0.325 e. The average molecular weight is 283 g/mol. The highest BCUT2D eigenvalue weighted by molar-refractivity contribution is 6.29. The third-order valence-corrected chi connectivity index (χ3v) is 3.05. The summed E-state index contributed by atoms with van der Waals surface area (Å²) >= 11 is 5.69. The Labute approximate surface area is 116 Å². The van der Waals surface area contributed by atoms with E-state index in [0.717, 1.165) is 12.8 Å². The second kappa shape index (κ2) is 6.02. The van der Waals surface area contributed by atoms with Crippen molar-refractivity contribution in [1.82, 2.24) is 9.88 Å². The number of aromatic nitrogens is 1.